The molecule has 6 nitrogen and oxygen atoms in total. The summed E-state index contributed by atoms with van der Waals surface area (Å²) in [6.07, 6.45) is 6.74. The summed E-state index contributed by atoms with van der Waals surface area (Å²) in [5, 5.41) is 9.43. The van der Waals surface area contributed by atoms with Gasteiger partial charge in [0.15, 0.2) is 0 Å². The number of amides is 1. The number of carbonyl (C=O) groups is 2. The Morgan fingerprint density at radius 1 is 1.26 bits per heavy atom. The summed E-state index contributed by atoms with van der Waals surface area (Å²) in [7, 11) is 1.66. The standard InChI is InChI=1S/C21H28N2O4/c1-16(24)23-15-21(14-19(23)20(25)26)9-12-22(13-10-21)11-3-4-17-5-7-18(27-2)8-6-17/h3-8,19H,9-15H2,1-2H3,(H,25,26)/b4-3+/t19-/m0/s1. The highest BCUT2D eigenvalue weighted by atomic mass is 16.5. The highest BCUT2D eigenvalue weighted by Gasteiger charge is 2.48. The highest BCUT2D eigenvalue weighted by Crippen LogP contribution is 2.43. The monoisotopic (exact) mass is 372 g/mol. The molecule has 0 unspecified atom stereocenters. The maximum atomic E-state index is 11.8. The molecule has 27 heavy (non-hydrogen) atoms. The summed E-state index contributed by atoms with van der Waals surface area (Å²) in [5.74, 6) is -0.166. The molecule has 1 atom stereocenters. The van der Waals surface area contributed by atoms with Crippen LogP contribution in [0.2, 0.25) is 0 Å². The summed E-state index contributed by atoms with van der Waals surface area (Å²) in [6, 6.07) is 7.29. The second kappa shape index (κ2) is 8.13. The van der Waals surface area contributed by atoms with Crippen LogP contribution in [0.4, 0.5) is 0 Å². The first-order valence-corrected chi connectivity index (χ1v) is 9.45. The molecule has 2 heterocycles. The van der Waals surface area contributed by atoms with Gasteiger partial charge in [0.25, 0.3) is 0 Å². The van der Waals surface area contributed by atoms with Crippen LogP contribution >= 0.6 is 0 Å². The molecule has 1 aromatic carbocycles. The van der Waals surface area contributed by atoms with Gasteiger partial charge < -0.3 is 14.7 Å². The lowest BCUT2D eigenvalue weighted by atomic mass is 9.76. The Bertz CT molecular complexity index is 681. The number of aliphatic carboxylic acids is 1. The van der Waals surface area contributed by atoms with Gasteiger partial charge in [0.2, 0.25) is 5.91 Å². The number of carboxylic acid groups (broad SMARTS) is 1. The van der Waals surface area contributed by atoms with Gasteiger partial charge in [0, 0.05) is 20.0 Å². The quantitative estimate of drug-likeness (QED) is 0.860. The van der Waals surface area contributed by atoms with Crippen molar-refractivity contribution in [2.45, 2.75) is 32.2 Å². The van der Waals surface area contributed by atoms with Crippen LogP contribution in [-0.4, -0.2) is 66.1 Å². The fourth-order valence-electron chi connectivity index (χ4n) is 4.23. The number of hydrogen-bond donors (Lipinski definition) is 1. The van der Waals surface area contributed by atoms with E-state index >= 15 is 0 Å². The SMILES string of the molecule is COc1ccc(/C=C/CN2CCC3(CC2)C[C@@H](C(=O)O)N(C(C)=O)C3)cc1. The van der Waals surface area contributed by atoms with E-state index in [1.54, 1.807) is 12.0 Å². The van der Waals surface area contributed by atoms with Gasteiger partial charge in [-0.05, 0) is 55.5 Å². The Hall–Kier alpha value is -2.34. The molecular weight excluding hydrogens is 344 g/mol. The Labute approximate surface area is 160 Å². The van der Waals surface area contributed by atoms with Crippen molar-refractivity contribution in [1.29, 1.82) is 0 Å². The van der Waals surface area contributed by atoms with Crippen LogP contribution in [0.3, 0.4) is 0 Å². The molecule has 0 aromatic heterocycles. The van der Waals surface area contributed by atoms with Crippen molar-refractivity contribution in [2.75, 3.05) is 33.3 Å². The average Bonchev–Trinajstić information content (AvgIpc) is 3.04. The van der Waals surface area contributed by atoms with Gasteiger partial charge in [-0.1, -0.05) is 24.3 Å². The first-order valence-electron chi connectivity index (χ1n) is 9.45. The number of carboxylic acids is 1. The second-order valence-electron chi connectivity index (χ2n) is 7.68. The number of ether oxygens (including phenoxy) is 1. The van der Waals surface area contributed by atoms with Gasteiger partial charge in [-0.2, -0.15) is 0 Å². The van der Waals surface area contributed by atoms with Crippen molar-refractivity contribution in [2.24, 2.45) is 5.41 Å². The van der Waals surface area contributed by atoms with E-state index in [0.29, 0.717) is 13.0 Å². The van der Waals surface area contributed by atoms with E-state index in [9.17, 15) is 14.7 Å². The number of rotatable bonds is 5. The van der Waals surface area contributed by atoms with E-state index < -0.39 is 12.0 Å². The van der Waals surface area contributed by atoms with Crippen molar-refractivity contribution in [1.82, 2.24) is 9.80 Å². The number of benzene rings is 1. The number of hydrogen-bond acceptors (Lipinski definition) is 4. The van der Waals surface area contributed by atoms with Gasteiger partial charge in [-0.15, -0.1) is 0 Å². The van der Waals surface area contributed by atoms with Crippen LogP contribution in [0.15, 0.2) is 30.3 Å². The van der Waals surface area contributed by atoms with Gasteiger partial charge in [-0.3, -0.25) is 9.69 Å². The molecule has 3 rings (SSSR count). The van der Waals surface area contributed by atoms with Crippen LogP contribution in [-0.2, 0) is 9.59 Å². The van der Waals surface area contributed by atoms with Gasteiger partial charge in [-0.25, -0.2) is 4.79 Å². The third-order valence-corrected chi connectivity index (χ3v) is 5.90. The number of methoxy groups -OCH3 is 1. The van der Waals surface area contributed by atoms with E-state index in [2.05, 4.69) is 17.1 Å². The normalized spacial score (nSPS) is 22.4. The Balaban J connectivity index is 1.52. The predicted octanol–water partition coefficient (Wildman–Crippen LogP) is 2.50. The number of piperidine rings is 1. The lowest BCUT2D eigenvalue weighted by Gasteiger charge is -2.38. The van der Waals surface area contributed by atoms with Crippen molar-refractivity contribution in [3.05, 3.63) is 35.9 Å². The minimum atomic E-state index is -0.882. The molecule has 1 spiro atoms. The maximum Gasteiger partial charge on any atom is 0.326 e. The zero-order chi connectivity index (χ0) is 19.4. The Morgan fingerprint density at radius 3 is 2.44 bits per heavy atom. The molecule has 0 saturated carbocycles. The third-order valence-electron chi connectivity index (χ3n) is 5.90. The molecule has 0 radical (unpaired) electrons. The van der Waals surface area contributed by atoms with E-state index in [0.717, 1.165) is 43.8 Å². The van der Waals surface area contributed by atoms with E-state index in [-0.39, 0.29) is 11.3 Å². The lowest BCUT2D eigenvalue weighted by molar-refractivity contribution is -0.147. The molecule has 2 saturated heterocycles. The van der Waals surface area contributed by atoms with Crippen LogP contribution in [0.1, 0.15) is 31.7 Å². The van der Waals surface area contributed by atoms with Gasteiger partial charge in [0.1, 0.15) is 11.8 Å². The summed E-state index contributed by atoms with van der Waals surface area (Å²) in [6.45, 7) is 4.79. The molecule has 2 aliphatic rings. The summed E-state index contributed by atoms with van der Waals surface area (Å²) < 4.78 is 5.17. The van der Waals surface area contributed by atoms with Crippen LogP contribution < -0.4 is 4.74 Å². The van der Waals surface area contributed by atoms with Crippen molar-refractivity contribution in [3.63, 3.8) is 0 Å². The number of carbonyl (C=O) groups excluding carboxylic acids is 1. The van der Waals surface area contributed by atoms with Crippen molar-refractivity contribution >= 4 is 18.0 Å². The highest BCUT2D eigenvalue weighted by molar-refractivity contribution is 5.83. The van der Waals surface area contributed by atoms with Crippen molar-refractivity contribution in [3.8, 4) is 5.75 Å². The minimum absolute atomic E-state index is 0.0368. The molecule has 1 amide bonds. The van der Waals surface area contributed by atoms with E-state index in [4.69, 9.17) is 4.74 Å². The van der Waals surface area contributed by atoms with Gasteiger partial charge in [0.05, 0.1) is 7.11 Å². The second-order valence-corrected chi connectivity index (χ2v) is 7.68. The molecule has 1 aromatic rings. The van der Waals surface area contributed by atoms with Crippen molar-refractivity contribution < 1.29 is 19.4 Å². The molecule has 6 heteroatoms. The number of likely N-dealkylation sites (tertiary alicyclic amines) is 2. The third kappa shape index (κ3) is 4.50. The predicted molar refractivity (Wildman–Crippen MR) is 104 cm³/mol. The lowest BCUT2D eigenvalue weighted by Crippen LogP contribution is -2.42. The summed E-state index contributed by atoms with van der Waals surface area (Å²) in [4.78, 5) is 27.2. The maximum absolute atomic E-state index is 11.8. The summed E-state index contributed by atoms with van der Waals surface area (Å²) >= 11 is 0. The zero-order valence-electron chi connectivity index (χ0n) is 16.1. The molecular formula is C21H28N2O4. The zero-order valence-corrected chi connectivity index (χ0v) is 16.1. The fourth-order valence-corrected chi connectivity index (χ4v) is 4.23. The largest absolute Gasteiger partial charge is 0.497 e. The Kier molecular flexibility index (Phi) is 5.85. The van der Waals surface area contributed by atoms with Gasteiger partial charge >= 0.3 is 5.97 Å². The fraction of sp³-hybridized carbons (Fsp3) is 0.524. The molecule has 146 valence electrons. The van der Waals surface area contributed by atoms with Crippen LogP contribution in [0, 0.1) is 5.41 Å². The number of nitrogens with zero attached hydrogens (tertiary/aromatic N) is 2. The van der Waals surface area contributed by atoms with E-state index in [1.165, 1.54) is 6.92 Å². The molecule has 2 aliphatic heterocycles. The molecule has 0 aliphatic carbocycles. The topological polar surface area (TPSA) is 70.1 Å². The van der Waals surface area contributed by atoms with Crippen LogP contribution in [0.25, 0.3) is 6.08 Å². The molecule has 1 N–H and O–H groups in total. The smallest absolute Gasteiger partial charge is 0.326 e. The minimum Gasteiger partial charge on any atom is -0.497 e. The Morgan fingerprint density at radius 2 is 1.93 bits per heavy atom. The molecule has 2 fully saturated rings. The first-order chi connectivity index (χ1) is 12.9. The molecule has 0 bridgehead atoms. The average molecular weight is 372 g/mol. The van der Waals surface area contributed by atoms with E-state index in [1.807, 2.05) is 24.3 Å². The summed E-state index contributed by atoms with van der Waals surface area (Å²) in [5.41, 5.74) is 1.10. The van der Waals surface area contributed by atoms with Crippen LogP contribution in [0.5, 0.6) is 5.75 Å². The first kappa shape index (κ1) is 19.4.